The van der Waals surface area contributed by atoms with E-state index in [1.807, 2.05) is 6.08 Å². The van der Waals surface area contributed by atoms with Gasteiger partial charge in [-0.3, -0.25) is 9.59 Å². The minimum atomic E-state index is -3.25. The molecule has 0 unspecified atom stereocenters. The Morgan fingerprint density at radius 3 is 2.62 bits per heavy atom. The Kier molecular flexibility index (Phi) is 15.4. The summed E-state index contributed by atoms with van der Waals surface area (Å²) in [6.07, 6.45) is 5.48. The number of nitrogens with zero attached hydrogens (tertiary/aromatic N) is 1. The lowest BCUT2D eigenvalue weighted by Crippen LogP contribution is -2.31. The Balaban J connectivity index is 1.61. The number of aliphatic hydroxyl groups excluding tert-OH is 2. The van der Waals surface area contributed by atoms with Gasteiger partial charge in [-0.1, -0.05) is 36.4 Å². The molecule has 1 saturated carbocycles. The minimum absolute atomic E-state index is 0.0287. The Hall–Kier alpha value is -3.62. The summed E-state index contributed by atoms with van der Waals surface area (Å²) in [4.78, 5) is 37.4. The highest BCUT2D eigenvalue weighted by Gasteiger charge is 2.40. The van der Waals surface area contributed by atoms with Crippen molar-refractivity contribution in [2.75, 3.05) is 39.6 Å². The van der Waals surface area contributed by atoms with Crippen molar-refractivity contribution in [1.29, 1.82) is 0 Å². The zero-order valence-corrected chi connectivity index (χ0v) is 23.1. The number of aliphatic hydroxyl groups is 2. The van der Waals surface area contributed by atoms with Gasteiger partial charge in [0.25, 0.3) is 11.0 Å². The second-order valence-corrected chi connectivity index (χ2v) is 9.61. The van der Waals surface area contributed by atoms with Crippen LogP contribution in [-0.4, -0.2) is 84.9 Å². The molecule has 12 nitrogen and oxygen atoms in total. The molecule has 0 radical (unpaired) electrons. The fraction of sp³-hybridized carbons (Fsp3) is 0.571. The van der Waals surface area contributed by atoms with E-state index in [9.17, 15) is 38.7 Å². The number of halogens is 2. The van der Waals surface area contributed by atoms with Crippen LogP contribution in [0.15, 0.2) is 54.6 Å². The molecule has 4 atom stereocenters. The molecule has 1 aromatic carbocycles. The van der Waals surface area contributed by atoms with Crippen LogP contribution in [0, 0.1) is 22.0 Å². The number of allylic oxidation sites excluding steroid dienone is 2. The van der Waals surface area contributed by atoms with E-state index in [2.05, 4.69) is 10.2 Å². The molecule has 0 saturated heterocycles. The van der Waals surface area contributed by atoms with Crippen LogP contribution in [0.2, 0.25) is 0 Å². The van der Waals surface area contributed by atoms with Gasteiger partial charge in [-0.15, -0.1) is 10.1 Å². The molecule has 0 spiro atoms. The lowest BCUT2D eigenvalue weighted by atomic mass is 9.89. The number of hydrogen-bond acceptors (Lipinski definition) is 10. The molecule has 3 N–H and O–H groups in total. The van der Waals surface area contributed by atoms with Crippen LogP contribution in [0.1, 0.15) is 32.1 Å². The van der Waals surface area contributed by atoms with Gasteiger partial charge in [0.1, 0.15) is 25.6 Å². The van der Waals surface area contributed by atoms with Gasteiger partial charge >= 0.3 is 5.97 Å². The molecule has 1 aliphatic rings. The molecule has 42 heavy (non-hydrogen) atoms. The van der Waals surface area contributed by atoms with E-state index in [1.54, 1.807) is 36.4 Å². The van der Waals surface area contributed by atoms with E-state index < -0.39 is 53.5 Å². The number of unbranched alkanes of at least 4 members (excludes halogenated alkanes) is 1. The lowest BCUT2D eigenvalue weighted by molar-refractivity contribution is -0.758. The molecule has 14 heteroatoms. The number of alkyl halides is 2. The minimum Gasteiger partial charge on any atom is -0.487 e. The largest absolute Gasteiger partial charge is 0.487 e. The van der Waals surface area contributed by atoms with Gasteiger partial charge in [-0.05, 0) is 43.4 Å². The van der Waals surface area contributed by atoms with Crippen LogP contribution in [0.25, 0.3) is 0 Å². The van der Waals surface area contributed by atoms with Crippen LogP contribution in [0.4, 0.5) is 8.78 Å². The molecule has 0 bridgehead atoms. The average molecular weight is 601 g/mol. The molecule has 2 rings (SSSR count). The summed E-state index contributed by atoms with van der Waals surface area (Å²) in [7, 11) is 0. The number of benzene rings is 1. The first-order valence-electron chi connectivity index (χ1n) is 13.6. The van der Waals surface area contributed by atoms with Gasteiger partial charge in [0.2, 0.25) is 5.91 Å². The van der Waals surface area contributed by atoms with E-state index in [0.29, 0.717) is 25.0 Å². The lowest BCUT2D eigenvalue weighted by Gasteiger charge is -2.20. The molecule has 0 aromatic heterocycles. The van der Waals surface area contributed by atoms with E-state index in [-0.39, 0.29) is 45.8 Å². The zero-order chi connectivity index (χ0) is 30.8. The van der Waals surface area contributed by atoms with E-state index in [0.717, 1.165) is 6.08 Å². The van der Waals surface area contributed by atoms with Crippen molar-refractivity contribution in [2.45, 2.75) is 50.2 Å². The fourth-order valence-electron chi connectivity index (χ4n) is 4.25. The van der Waals surface area contributed by atoms with Crippen molar-refractivity contribution in [2.24, 2.45) is 11.8 Å². The first-order chi connectivity index (χ1) is 20.1. The van der Waals surface area contributed by atoms with Gasteiger partial charge in [-0.25, -0.2) is 0 Å². The van der Waals surface area contributed by atoms with Crippen molar-refractivity contribution in [3.05, 3.63) is 64.8 Å². The second kappa shape index (κ2) is 18.7. The van der Waals surface area contributed by atoms with E-state index >= 15 is 0 Å². The Labute approximate surface area is 242 Å². The third-order valence-electron chi connectivity index (χ3n) is 6.32. The van der Waals surface area contributed by atoms with E-state index in [1.165, 1.54) is 6.08 Å². The van der Waals surface area contributed by atoms with Crippen LogP contribution in [-0.2, 0) is 23.9 Å². The third-order valence-corrected chi connectivity index (χ3v) is 6.32. The fourth-order valence-corrected chi connectivity index (χ4v) is 4.25. The predicted molar refractivity (Wildman–Crippen MR) is 145 cm³/mol. The standard InChI is InChI=1S/C28H38F2N2O10/c29-28(30,20-41-21-8-4-3-5-9-21)13-12-23-22(24(33)18-25(23)34)10-6-1-2-7-11-27(36)40-15-14-31-26(35)19-39-16-17-42-32(37)38/h1,3-6,8-9,12-13,22-25,33-34H,2,7,10-11,14-20H2,(H,31,35)/b6-1+,13-12+/t22-,23-,24+,25-/m1/s1. The summed E-state index contributed by atoms with van der Waals surface area (Å²) in [5.41, 5.74) is 0. The normalized spacial score (nSPS) is 20.6. The number of ether oxygens (including phenoxy) is 3. The average Bonchev–Trinajstić information content (AvgIpc) is 3.22. The monoisotopic (exact) mass is 600 g/mol. The summed E-state index contributed by atoms with van der Waals surface area (Å²) in [5.74, 6) is -4.92. The smallest absolute Gasteiger partial charge is 0.305 e. The molecule has 0 aliphatic heterocycles. The first-order valence-corrected chi connectivity index (χ1v) is 13.6. The number of para-hydroxylation sites is 1. The summed E-state index contributed by atoms with van der Waals surface area (Å²) >= 11 is 0. The van der Waals surface area contributed by atoms with Crippen LogP contribution < -0.4 is 10.1 Å². The molecule has 1 aromatic rings. The van der Waals surface area contributed by atoms with Crippen molar-refractivity contribution < 1.29 is 52.7 Å². The number of nitrogens with one attached hydrogen (secondary N) is 1. The molecule has 234 valence electrons. The topological polar surface area (TPSA) is 167 Å². The summed E-state index contributed by atoms with van der Waals surface area (Å²) in [6, 6.07) is 8.27. The highest BCUT2D eigenvalue weighted by Crippen LogP contribution is 2.37. The number of carbonyl (C=O) groups is 2. The highest BCUT2D eigenvalue weighted by atomic mass is 19.3. The maximum Gasteiger partial charge on any atom is 0.305 e. The van der Waals surface area contributed by atoms with Crippen molar-refractivity contribution in [1.82, 2.24) is 5.32 Å². The highest BCUT2D eigenvalue weighted by molar-refractivity contribution is 5.77. The van der Waals surface area contributed by atoms with Crippen molar-refractivity contribution in [3.8, 4) is 5.75 Å². The number of amides is 1. The third kappa shape index (κ3) is 14.3. The molecule has 1 fully saturated rings. The number of rotatable bonds is 20. The molecule has 1 aliphatic carbocycles. The molecule has 0 heterocycles. The van der Waals surface area contributed by atoms with Gasteiger partial charge in [0.15, 0.2) is 6.61 Å². The number of esters is 1. The number of hydrogen-bond donors (Lipinski definition) is 3. The van der Waals surface area contributed by atoms with Gasteiger partial charge in [0.05, 0.1) is 25.4 Å². The van der Waals surface area contributed by atoms with Crippen molar-refractivity contribution >= 4 is 11.9 Å². The summed E-state index contributed by atoms with van der Waals surface area (Å²) in [6.45, 7) is -1.52. The van der Waals surface area contributed by atoms with E-state index in [4.69, 9.17) is 14.2 Å². The maximum absolute atomic E-state index is 14.3. The summed E-state index contributed by atoms with van der Waals surface area (Å²) < 4.78 is 43.7. The molecular weight excluding hydrogens is 562 g/mol. The van der Waals surface area contributed by atoms with Gasteiger partial charge < -0.3 is 34.6 Å². The molecule has 1 amide bonds. The molecular formula is C28H38F2N2O10. The van der Waals surface area contributed by atoms with Crippen LogP contribution in [0.5, 0.6) is 5.75 Å². The Morgan fingerprint density at radius 2 is 1.88 bits per heavy atom. The van der Waals surface area contributed by atoms with Gasteiger partial charge in [0, 0.05) is 18.8 Å². The van der Waals surface area contributed by atoms with Crippen molar-refractivity contribution in [3.63, 3.8) is 0 Å². The SMILES string of the molecule is O=C(COCCO[N+](=O)[O-])NCCOC(=O)CCC/C=C/C[C@@H]1[C@@H](/C=C/C(F)(F)COc2ccccc2)[C@H](O)C[C@@H]1O. The van der Waals surface area contributed by atoms with Gasteiger partial charge in [-0.2, -0.15) is 8.78 Å². The predicted octanol–water partition coefficient (Wildman–Crippen LogP) is 2.62. The summed E-state index contributed by atoms with van der Waals surface area (Å²) in [5, 5.41) is 32.1. The van der Waals surface area contributed by atoms with Crippen LogP contribution in [0.3, 0.4) is 0 Å². The first kappa shape index (κ1) is 34.6. The van der Waals surface area contributed by atoms with Crippen LogP contribution >= 0.6 is 0 Å². The zero-order valence-electron chi connectivity index (χ0n) is 23.1. The number of carbonyl (C=O) groups excluding carboxylic acids is 2. The maximum atomic E-state index is 14.3. The Bertz CT molecular complexity index is 1030. The Morgan fingerprint density at radius 1 is 1.12 bits per heavy atom. The quantitative estimate of drug-likeness (QED) is 0.0666. The second-order valence-electron chi connectivity index (χ2n) is 9.61.